The minimum Gasteiger partial charge on any atom is -0.497 e. The van der Waals surface area contributed by atoms with E-state index >= 15 is 0 Å². The molecule has 0 amide bonds. The number of methoxy groups -OCH3 is 1. The second-order valence-corrected chi connectivity index (χ2v) is 9.17. The number of thiophene rings is 1. The zero-order chi connectivity index (χ0) is 21.2. The average molecular weight is 453 g/mol. The van der Waals surface area contributed by atoms with Crippen LogP contribution in [0.3, 0.4) is 0 Å². The number of nitrogens with one attached hydrogen (secondary N) is 1. The average Bonchev–Trinajstić information content (AvgIpc) is 3.47. The van der Waals surface area contributed by atoms with Crippen molar-refractivity contribution in [2.24, 2.45) is 0 Å². The number of thiazole rings is 1. The highest BCUT2D eigenvalue weighted by Gasteiger charge is 2.22. The number of rotatable bonds is 6. The van der Waals surface area contributed by atoms with Crippen LogP contribution in [0.2, 0.25) is 0 Å². The maximum Gasteiger partial charge on any atom is 0.278 e. The molecule has 0 saturated heterocycles. The lowest BCUT2D eigenvalue weighted by Crippen LogP contribution is -2.35. The van der Waals surface area contributed by atoms with Crippen molar-refractivity contribution in [3.8, 4) is 27.4 Å². The molecule has 1 N–H and O–H groups in total. The van der Waals surface area contributed by atoms with Gasteiger partial charge in [0.05, 0.1) is 23.2 Å². The maximum atomic E-state index is 12.7. The molecule has 0 aliphatic carbocycles. The van der Waals surface area contributed by atoms with Crippen molar-refractivity contribution in [1.29, 1.82) is 0 Å². The lowest BCUT2D eigenvalue weighted by atomic mass is 10.1. The topological polar surface area (TPSA) is 80.3 Å². The number of H-pyrrole nitrogens is 1. The van der Waals surface area contributed by atoms with Crippen molar-refractivity contribution in [3.63, 3.8) is 0 Å². The van der Waals surface area contributed by atoms with Gasteiger partial charge in [-0.05, 0) is 35.7 Å². The predicted molar refractivity (Wildman–Crippen MR) is 121 cm³/mol. The molecule has 9 heteroatoms. The van der Waals surface area contributed by atoms with Gasteiger partial charge in [-0.1, -0.05) is 17.4 Å². The van der Waals surface area contributed by atoms with E-state index in [1.54, 1.807) is 18.4 Å². The third-order valence-electron chi connectivity index (χ3n) is 5.08. The minimum atomic E-state index is -0.0501. The summed E-state index contributed by atoms with van der Waals surface area (Å²) >= 11 is 3.09. The highest BCUT2D eigenvalue weighted by Crippen LogP contribution is 2.29. The fourth-order valence-electron chi connectivity index (χ4n) is 3.52. The van der Waals surface area contributed by atoms with Crippen molar-refractivity contribution in [3.05, 3.63) is 74.5 Å². The Labute approximate surface area is 187 Å². The second kappa shape index (κ2) is 8.62. The summed E-state index contributed by atoms with van der Waals surface area (Å²) in [5.41, 5.74) is 1.60. The first-order chi connectivity index (χ1) is 15.2. The second-order valence-electron chi connectivity index (χ2n) is 7.15. The molecule has 3 aromatic heterocycles. The van der Waals surface area contributed by atoms with Crippen molar-refractivity contribution in [2.45, 2.75) is 19.5 Å². The Morgan fingerprint density at radius 2 is 2.03 bits per heavy atom. The number of ether oxygens (including phenoxy) is 2. The first kappa shape index (κ1) is 19.9. The Balaban J connectivity index is 1.26. The van der Waals surface area contributed by atoms with Crippen molar-refractivity contribution < 1.29 is 9.47 Å². The molecule has 158 valence electrons. The predicted octanol–water partition coefficient (Wildman–Crippen LogP) is 4.31. The van der Waals surface area contributed by atoms with Gasteiger partial charge in [0.15, 0.2) is 5.82 Å². The van der Waals surface area contributed by atoms with Crippen molar-refractivity contribution in [2.75, 3.05) is 13.7 Å². The largest absolute Gasteiger partial charge is 0.497 e. The molecular weight excluding hydrogens is 432 g/mol. The lowest BCUT2D eigenvalue weighted by Gasteiger charge is -2.27. The van der Waals surface area contributed by atoms with Crippen LogP contribution in [0.1, 0.15) is 16.1 Å². The third-order valence-corrected chi connectivity index (χ3v) is 6.82. The van der Waals surface area contributed by atoms with Crippen molar-refractivity contribution in [1.82, 2.24) is 19.9 Å². The molecular formula is C22H20N4O3S2. The normalized spacial score (nSPS) is 13.7. The van der Waals surface area contributed by atoms with Gasteiger partial charge in [0, 0.05) is 37.1 Å². The van der Waals surface area contributed by atoms with Gasteiger partial charge in [0.2, 0.25) is 0 Å². The van der Waals surface area contributed by atoms with Gasteiger partial charge in [-0.2, -0.15) is 0 Å². The van der Waals surface area contributed by atoms with Gasteiger partial charge < -0.3 is 14.5 Å². The fraction of sp³-hybridized carbons (Fsp3) is 0.227. The van der Waals surface area contributed by atoms with Gasteiger partial charge in [0.1, 0.15) is 11.5 Å². The minimum absolute atomic E-state index is 0.0501. The number of aromatic nitrogens is 3. The summed E-state index contributed by atoms with van der Waals surface area (Å²) in [6.45, 7) is 2.14. The monoisotopic (exact) mass is 452 g/mol. The molecule has 1 aliphatic heterocycles. The maximum absolute atomic E-state index is 12.7. The Hall–Kier alpha value is -3.01. The zero-order valence-electron chi connectivity index (χ0n) is 16.8. The number of fused-ring (bicyclic) bond motifs is 1. The Morgan fingerprint density at radius 1 is 1.19 bits per heavy atom. The summed E-state index contributed by atoms with van der Waals surface area (Å²) in [7, 11) is 1.63. The first-order valence-corrected chi connectivity index (χ1v) is 11.5. The van der Waals surface area contributed by atoms with Crippen LogP contribution in [0.5, 0.6) is 16.7 Å². The van der Waals surface area contributed by atoms with E-state index in [2.05, 4.69) is 14.9 Å². The third kappa shape index (κ3) is 4.39. The van der Waals surface area contributed by atoms with Crippen LogP contribution < -0.4 is 15.0 Å². The van der Waals surface area contributed by atoms with Gasteiger partial charge in [-0.3, -0.25) is 9.69 Å². The van der Waals surface area contributed by atoms with E-state index in [1.807, 2.05) is 48.0 Å². The Morgan fingerprint density at radius 3 is 2.81 bits per heavy atom. The highest BCUT2D eigenvalue weighted by atomic mass is 32.1. The quantitative estimate of drug-likeness (QED) is 0.469. The summed E-state index contributed by atoms with van der Waals surface area (Å²) < 4.78 is 11.0. The van der Waals surface area contributed by atoms with Gasteiger partial charge in [-0.15, -0.1) is 11.3 Å². The molecule has 7 nitrogen and oxygen atoms in total. The van der Waals surface area contributed by atoms with E-state index in [0.29, 0.717) is 23.3 Å². The SMILES string of the molecule is COc1ccc(Oc2ncc(CN3CCc4nc(-c5cccs5)[nH]c(=O)c4C3)s2)cc1. The van der Waals surface area contributed by atoms with E-state index in [1.165, 1.54) is 11.3 Å². The molecule has 0 bridgehead atoms. The number of benzene rings is 1. The number of hydrogen-bond acceptors (Lipinski definition) is 8. The standard InChI is InChI=1S/C22H20N4O3S2/c1-28-14-4-6-15(7-5-14)29-22-23-11-16(31-22)12-26-9-8-18-17(13-26)21(27)25-20(24-18)19-3-2-10-30-19/h2-7,10-11H,8-9,12-13H2,1H3,(H,24,25,27). The molecule has 4 aromatic rings. The van der Waals surface area contributed by atoms with E-state index < -0.39 is 0 Å². The molecule has 31 heavy (non-hydrogen) atoms. The highest BCUT2D eigenvalue weighted by molar-refractivity contribution is 7.13. The van der Waals surface area contributed by atoms with Gasteiger partial charge in [-0.25, -0.2) is 9.97 Å². The Kier molecular flexibility index (Phi) is 5.54. The summed E-state index contributed by atoms with van der Waals surface area (Å²) in [6, 6.07) is 11.3. The Bertz CT molecular complexity index is 1230. The molecule has 0 radical (unpaired) electrons. The molecule has 0 atom stereocenters. The molecule has 0 unspecified atom stereocenters. The smallest absolute Gasteiger partial charge is 0.278 e. The van der Waals surface area contributed by atoms with Crippen LogP contribution >= 0.6 is 22.7 Å². The number of hydrogen-bond donors (Lipinski definition) is 1. The van der Waals surface area contributed by atoms with E-state index in [-0.39, 0.29) is 5.56 Å². The summed E-state index contributed by atoms with van der Waals surface area (Å²) in [5.74, 6) is 2.16. The molecule has 1 aromatic carbocycles. The van der Waals surface area contributed by atoms with Crippen LogP contribution in [-0.2, 0) is 19.5 Å². The fourth-order valence-corrected chi connectivity index (χ4v) is 5.01. The molecule has 0 saturated carbocycles. The molecule has 0 fully saturated rings. The van der Waals surface area contributed by atoms with Crippen LogP contribution in [0.25, 0.3) is 10.7 Å². The van der Waals surface area contributed by atoms with Crippen LogP contribution in [0, 0.1) is 0 Å². The molecule has 4 heterocycles. The van der Waals surface area contributed by atoms with Gasteiger partial charge >= 0.3 is 0 Å². The lowest BCUT2D eigenvalue weighted by molar-refractivity contribution is 0.244. The number of nitrogens with zero attached hydrogens (tertiary/aromatic N) is 3. The first-order valence-electron chi connectivity index (χ1n) is 9.83. The van der Waals surface area contributed by atoms with Crippen molar-refractivity contribution >= 4 is 22.7 Å². The molecule has 0 spiro atoms. The number of aromatic amines is 1. The molecule has 1 aliphatic rings. The summed E-state index contributed by atoms with van der Waals surface area (Å²) in [6.07, 6.45) is 2.59. The zero-order valence-corrected chi connectivity index (χ0v) is 18.5. The van der Waals surface area contributed by atoms with E-state index in [0.717, 1.165) is 46.3 Å². The van der Waals surface area contributed by atoms with E-state index in [4.69, 9.17) is 14.5 Å². The molecule has 5 rings (SSSR count). The van der Waals surface area contributed by atoms with Crippen LogP contribution in [0.15, 0.2) is 52.8 Å². The summed E-state index contributed by atoms with van der Waals surface area (Å²) in [4.78, 5) is 29.0. The van der Waals surface area contributed by atoms with Crippen LogP contribution in [-0.4, -0.2) is 33.5 Å². The van der Waals surface area contributed by atoms with Crippen LogP contribution in [0.4, 0.5) is 0 Å². The van der Waals surface area contributed by atoms with Gasteiger partial charge in [0.25, 0.3) is 10.8 Å². The van der Waals surface area contributed by atoms with E-state index in [9.17, 15) is 4.79 Å². The summed E-state index contributed by atoms with van der Waals surface area (Å²) in [5, 5.41) is 2.58.